The SMILES string of the molecule is CN=C(NCC(OC)c1cccc(Cl)c1)NCC(C)(C)OC. The lowest BCUT2D eigenvalue weighted by Gasteiger charge is -2.25. The van der Waals surface area contributed by atoms with Crippen molar-refractivity contribution in [2.45, 2.75) is 25.6 Å². The van der Waals surface area contributed by atoms with E-state index >= 15 is 0 Å². The normalized spacial score (nSPS) is 13.8. The van der Waals surface area contributed by atoms with Gasteiger partial charge in [-0.2, -0.15) is 0 Å². The summed E-state index contributed by atoms with van der Waals surface area (Å²) >= 11 is 6.03. The van der Waals surface area contributed by atoms with E-state index < -0.39 is 0 Å². The van der Waals surface area contributed by atoms with E-state index in [4.69, 9.17) is 21.1 Å². The van der Waals surface area contributed by atoms with Crippen LogP contribution < -0.4 is 10.6 Å². The molecular weight excluding hydrogens is 302 g/mol. The van der Waals surface area contributed by atoms with Gasteiger partial charge in [-0.3, -0.25) is 4.99 Å². The summed E-state index contributed by atoms with van der Waals surface area (Å²) in [5, 5.41) is 7.18. The Morgan fingerprint density at radius 1 is 1.32 bits per heavy atom. The highest BCUT2D eigenvalue weighted by atomic mass is 35.5. The Balaban J connectivity index is 2.57. The van der Waals surface area contributed by atoms with Gasteiger partial charge in [0.2, 0.25) is 0 Å². The van der Waals surface area contributed by atoms with Gasteiger partial charge in [0, 0.05) is 39.4 Å². The molecule has 22 heavy (non-hydrogen) atoms. The minimum atomic E-state index is -0.259. The quantitative estimate of drug-likeness (QED) is 0.597. The Labute approximate surface area is 138 Å². The summed E-state index contributed by atoms with van der Waals surface area (Å²) in [5.41, 5.74) is 0.765. The molecule has 0 saturated carbocycles. The largest absolute Gasteiger partial charge is 0.377 e. The fourth-order valence-corrected chi connectivity index (χ4v) is 2.02. The first kappa shape index (κ1) is 18.7. The lowest BCUT2D eigenvalue weighted by atomic mass is 10.1. The summed E-state index contributed by atoms with van der Waals surface area (Å²) in [6.07, 6.45) is -0.104. The molecule has 1 rings (SSSR count). The number of hydrogen-bond donors (Lipinski definition) is 2. The molecule has 6 heteroatoms. The molecule has 0 aliphatic rings. The molecule has 2 N–H and O–H groups in total. The van der Waals surface area contributed by atoms with Crippen LogP contribution in [0.15, 0.2) is 29.3 Å². The second-order valence-electron chi connectivity index (χ2n) is 5.55. The number of halogens is 1. The van der Waals surface area contributed by atoms with E-state index in [1.807, 2.05) is 38.1 Å². The number of benzene rings is 1. The van der Waals surface area contributed by atoms with E-state index in [0.717, 1.165) is 5.56 Å². The zero-order chi connectivity index (χ0) is 16.6. The number of guanidine groups is 1. The first-order valence-corrected chi connectivity index (χ1v) is 7.57. The highest BCUT2D eigenvalue weighted by molar-refractivity contribution is 6.30. The van der Waals surface area contributed by atoms with Crippen molar-refractivity contribution in [3.05, 3.63) is 34.9 Å². The van der Waals surface area contributed by atoms with Crippen LogP contribution >= 0.6 is 11.6 Å². The number of nitrogens with one attached hydrogen (secondary N) is 2. The highest BCUT2D eigenvalue weighted by Gasteiger charge is 2.17. The van der Waals surface area contributed by atoms with E-state index in [1.54, 1.807) is 21.3 Å². The van der Waals surface area contributed by atoms with Crippen LogP contribution in [-0.2, 0) is 9.47 Å². The van der Waals surface area contributed by atoms with Gasteiger partial charge in [0.25, 0.3) is 0 Å². The van der Waals surface area contributed by atoms with Gasteiger partial charge in [-0.1, -0.05) is 23.7 Å². The molecule has 1 aromatic rings. The second-order valence-corrected chi connectivity index (χ2v) is 5.99. The summed E-state index contributed by atoms with van der Waals surface area (Å²) in [6, 6.07) is 7.66. The summed E-state index contributed by atoms with van der Waals surface area (Å²) in [5.74, 6) is 0.703. The molecule has 124 valence electrons. The highest BCUT2D eigenvalue weighted by Crippen LogP contribution is 2.19. The van der Waals surface area contributed by atoms with Crippen molar-refractivity contribution in [1.29, 1.82) is 0 Å². The van der Waals surface area contributed by atoms with Crippen LogP contribution in [0.2, 0.25) is 5.02 Å². The molecule has 0 radical (unpaired) electrons. The zero-order valence-corrected chi connectivity index (χ0v) is 14.7. The molecule has 1 aromatic carbocycles. The Hall–Kier alpha value is -1.30. The van der Waals surface area contributed by atoms with E-state index in [1.165, 1.54) is 0 Å². The third-order valence-electron chi connectivity index (χ3n) is 3.42. The summed E-state index contributed by atoms with van der Waals surface area (Å²) in [6.45, 7) is 5.26. The number of rotatable bonds is 7. The van der Waals surface area contributed by atoms with E-state index in [9.17, 15) is 0 Å². The van der Waals surface area contributed by atoms with Gasteiger partial charge >= 0.3 is 0 Å². The molecule has 1 unspecified atom stereocenters. The summed E-state index contributed by atoms with van der Waals surface area (Å²) < 4.78 is 10.9. The van der Waals surface area contributed by atoms with Crippen LogP contribution in [0, 0.1) is 0 Å². The van der Waals surface area contributed by atoms with Crippen LogP contribution in [0.1, 0.15) is 25.5 Å². The third kappa shape index (κ3) is 6.22. The topological polar surface area (TPSA) is 54.9 Å². The van der Waals surface area contributed by atoms with Crippen molar-refractivity contribution in [1.82, 2.24) is 10.6 Å². The number of methoxy groups -OCH3 is 2. The molecule has 0 fully saturated rings. The van der Waals surface area contributed by atoms with Crippen LogP contribution in [0.5, 0.6) is 0 Å². The second kappa shape index (κ2) is 8.98. The van der Waals surface area contributed by atoms with Gasteiger partial charge in [0.15, 0.2) is 5.96 Å². The van der Waals surface area contributed by atoms with Crippen molar-refractivity contribution in [2.75, 3.05) is 34.4 Å². The van der Waals surface area contributed by atoms with Crippen LogP contribution in [0.4, 0.5) is 0 Å². The minimum absolute atomic E-state index is 0.104. The molecule has 0 heterocycles. The smallest absolute Gasteiger partial charge is 0.191 e. The molecule has 0 spiro atoms. The van der Waals surface area contributed by atoms with E-state index in [-0.39, 0.29) is 11.7 Å². The average Bonchev–Trinajstić information content (AvgIpc) is 2.51. The number of hydrogen-bond acceptors (Lipinski definition) is 3. The third-order valence-corrected chi connectivity index (χ3v) is 3.65. The molecule has 5 nitrogen and oxygen atoms in total. The van der Waals surface area contributed by atoms with Crippen molar-refractivity contribution in [3.8, 4) is 0 Å². The molecule has 0 bridgehead atoms. The van der Waals surface area contributed by atoms with Crippen molar-refractivity contribution < 1.29 is 9.47 Å². The van der Waals surface area contributed by atoms with Gasteiger partial charge in [-0.15, -0.1) is 0 Å². The summed E-state index contributed by atoms with van der Waals surface area (Å²) in [4.78, 5) is 4.20. The lowest BCUT2D eigenvalue weighted by molar-refractivity contribution is 0.0267. The first-order chi connectivity index (χ1) is 10.4. The predicted octanol–water partition coefficient (Wildman–Crippen LogP) is 2.62. The number of nitrogens with zero attached hydrogens (tertiary/aromatic N) is 1. The molecule has 0 aliphatic carbocycles. The van der Waals surface area contributed by atoms with Crippen molar-refractivity contribution >= 4 is 17.6 Å². The van der Waals surface area contributed by atoms with Gasteiger partial charge < -0.3 is 20.1 Å². The Bertz CT molecular complexity index is 492. The molecule has 0 saturated heterocycles. The van der Waals surface area contributed by atoms with Crippen molar-refractivity contribution in [2.24, 2.45) is 4.99 Å². The fourth-order valence-electron chi connectivity index (χ4n) is 1.82. The van der Waals surface area contributed by atoms with Crippen molar-refractivity contribution in [3.63, 3.8) is 0 Å². The fraction of sp³-hybridized carbons (Fsp3) is 0.562. The lowest BCUT2D eigenvalue weighted by Crippen LogP contribution is -2.46. The average molecular weight is 328 g/mol. The molecule has 0 aliphatic heterocycles. The maximum absolute atomic E-state index is 6.03. The number of ether oxygens (including phenoxy) is 2. The summed E-state index contributed by atoms with van der Waals surface area (Å²) in [7, 11) is 5.10. The Morgan fingerprint density at radius 3 is 2.59 bits per heavy atom. The molecular formula is C16H26ClN3O2. The maximum atomic E-state index is 6.03. The monoisotopic (exact) mass is 327 g/mol. The number of aliphatic imine (C=N–C) groups is 1. The minimum Gasteiger partial charge on any atom is -0.377 e. The van der Waals surface area contributed by atoms with Crippen LogP contribution in [-0.4, -0.2) is 45.9 Å². The molecule has 1 atom stereocenters. The zero-order valence-electron chi connectivity index (χ0n) is 13.9. The Kier molecular flexibility index (Phi) is 7.65. The van der Waals surface area contributed by atoms with Gasteiger partial charge in [0.1, 0.15) is 0 Å². The van der Waals surface area contributed by atoms with Gasteiger partial charge in [0.05, 0.1) is 11.7 Å². The molecule has 0 amide bonds. The first-order valence-electron chi connectivity index (χ1n) is 7.20. The maximum Gasteiger partial charge on any atom is 0.191 e. The standard InChI is InChI=1S/C16H26ClN3O2/c1-16(2,22-5)11-20-15(18-3)19-10-14(21-4)12-7-6-8-13(17)9-12/h6-9,14H,10-11H2,1-5H3,(H2,18,19,20). The van der Waals surface area contributed by atoms with E-state index in [2.05, 4.69) is 15.6 Å². The van der Waals surface area contributed by atoms with Gasteiger partial charge in [-0.25, -0.2) is 0 Å². The van der Waals surface area contributed by atoms with Crippen LogP contribution in [0.25, 0.3) is 0 Å². The Morgan fingerprint density at radius 2 is 2.05 bits per heavy atom. The van der Waals surface area contributed by atoms with Crippen LogP contribution in [0.3, 0.4) is 0 Å². The molecule has 0 aromatic heterocycles. The van der Waals surface area contributed by atoms with E-state index in [0.29, 0.717) is 24.1 Å². The predicted molar refractivity (Wildman–Crippen MR) is 91.7 cm³/mol. The van der Waals surface area contributed by atoms with Gasteiger partial charge in [-0.05, 0) is 31.5 Å².